The van der Waals surface area contributed by atoms with Gasteiger partial charge in [-0.05, 0) is 44.0 Å². The Kier molecular flexibility index (Phi) is 3.12. The van der Waals surface area contributed by atoms with Crippen LogP contribution in [0.5, 0.6) is 0 Å². The van der Waals surface area contributed by atoms with Crippen LogP contribution < -0.4 is 4.90 Å². The summed E-state index contributed by atoms with van der Waals surface area (Å²) in [5, 5.41) is 8.89. The Bertz CT molecular complexity index is 659. The van der Waals surface area contributed by atoms with Gasteiger partial charge in [0.1, 0.15) is 0 Å². The average molecular weight is 285 g/mol. The Morgan fingerprint density at radius 3 is 2.38 bits per heavy atom. The number of benzene rings is 1. The highest BCUT2D eigenvalue weighted by atomic mass is 16.4. The summed E-state index contributed by atoms with van der Waals surface area (Å²) >= 11 is 0. The first kappa shape index (κ1) is 13.5. The van der Waals surface area contributed by atoms with Crippen LogP contribution in [0.3, 0.4) is 0 Å². The van der Waals surface area contributed by atoms with Crippen LogP contribution in [0.1, 0.15) is 30.1 Å². The van der Waals surface area contributed by atoms with Crippen molar-refractivity contribution < 1.29 is 19.5 Å². The van der Waals surface area contributed by atoms with Crippen LogP contribution >= 0.6 is 0 Å². The molecule has 2 amide bonds. The number of fused-ring (bicyclic) bond motifs is 1. The molecule has 1 heterocycles. The molecule has 1 aliphatic carbocycles. The number of carbonyl (C=O) groups excluding carboxylic acids is 2. The lowest BCUT2D eigenvalue weighted by molar-refractivity contribution is -0.122. The Labute approximate surface area is 121 Å². The molecule has 0 unspecified atom stereocenters. The number of nitrogens with zero attached hydrogens (tertiary/aromatic N) is 1. The third-order valence-electron chi connectivity index (χ3n) is 4.20. The maximum absolute atomic E-state index is 12.5. The van der Waals surface area contributed by atoms with Crippen LogP contribution in [0.2, 0.25) is 0 Å². The van der Waals surface area contributed by atoms with Crippen molar-refractivity contribution in [2.24, 2.45) is 11.8 Å². The van der Waals surface area contributed by atoms with E-state index in [2.05, 4.69) is 0 Å². The Morgan fingerprint density at radius 2 is 1.76 bits per heavy atom. The van der Waals surface area contributed by atoms with Gasteiger partial charge in [0, 0.05) is 0 Å². The van der Waals surface area contributed by atoms with Gasteiger partial charge in [-0.25, -0.2) is 4.79 Å². The Hall–Kier alpha value is -2.43. The van der Waals surface area contributed by atoms with E-state index >= 15 is 0 Å². The van der Waals surface area contributed by atoms with Gasteiger partial charge in [0.15, 0.2) is 0 Å². The molecule has 3 rings (SSSR count). The van der Waals surface area contributed by atoms with Crippen molar-refractivity contribution in [2.75, 3.05) is 4.90 Å². The fourth-order valence-corrected chi connectivity index (χ4v) is 3.05. The zero-order valence-electron chi connectivity index (χ0n) is 11.6. The largest absolute Gasteiger partial charge is 0.478 e. The number of hydrogen-bond donors (Lipinski definition) is 1. The number of aromatic carboxylic acids is 1. The molecule has 0 radical (unpaired) electrons. The number of allylic oxidation sites excluding steroid dienone is 2. The lowest BCUT2D eigenvalue weighted by atomic mass is 9.82. The van der Waals surface area contributed by atoms with Crippen LogP contribution in [0, 0.1) is 11.8 Å². The van der Waals surface area contributed by atoms with Gasteiger partial charge < -0.3 is 5.11 Å². The van der Waals surface area contributed by atoms with Crippen LogP contribution in [0.4, 0.5) is 5.69 Å². The minimum atomic E-state index is -1.03. The monoisotopic (exact) mass is 285 g/mol. The van der Waals surface area contributed by atoms with Gasteiger partial charge in [0.25, 0.3) is 0 Å². The lowest BCUT2D eigenvalue weighted by Gasteiger charge is -2.18. The van der Waals surface area contributed by atoms with Gasteiger partial charge >= 0.3 is 5.97 Å². The molecule has 2 atom stereocenters. The van der Waals surface area contributed by atoms with Gasteiger partial charge in [-0.1, -0.05) is 11.6 Å². The average Bonchev–Trinajstić information content (AvgIpc) is 2.70. The Morgan fingerprint density at radius 1 is 1.14 bits per heavy atom. The fourth-order valence-electron chi connectivity index (χ4n) is 3.05. The number of rotatable bonds is 2. The number of carbonyl (C=O) groups is 3. The van der Waals surface area contributed by atoms with Crippen LogP contribution in [-0.4, -0.2) is 22.9 Å². The quantitative estimate of drug-likeness (QED) is 0.668. The summed E-state index contributed by atoms with van der Waals surface area (Å²) in [5.74, 6) is -1.95. The van der Waals surface area contributed by atoms with Crippen molar-refractivity contribution in [2.45, 2.75) is 19.8 Å². The molecular weight excluding hydrogens is 270 g/mol. The Balaban J connectivity index is 1.91. The lowest BCUT2D eigenvalue weighted by Crippen LogP contribution is -2.30. The highest BCUT2D eigenvalue weighted by molar-refractivity contribution is 6.22. The minimum Gasteiger partial charge on any atom is -0.478 e. The molecule has 5 nitrogen and oxygen atoms in total. The summed E-state index contributed by atoms with van der Waals surface area (Å²) in [6.07, 6.45) is 3.24. The molecule has 0 bridgehead atoms. The highest BCUT2D eigenvalue weighted by Gasteiger charge is 2.48. The van der Waals surface area contributed by atoms with Crippen LogP contribution in [0.15, 0.2) is 35.9 Å². The standard InChI is InChI=1S/C16H15NO4/c1-9-2-7-12-13(8-9)15(19)17(14(12)18)11-5-3-10(4-6-11)16(20)21/h2-6,12-13H,7-8H2,1H3,(H,20,21)/t12-,13-/m0/s1. The molecule has 108 valence electrons. The molecule has 1 fully saturated rings. The summed E-state index contributed by atoms with van der Waals surface area (Å²) in [6.45, 7) is 1.97. The summed E-state index contributed by atoms with van der Waals surface area (Å²) in [6, 6.07) is 5.83. The van der Waals surface area contributed by atoms with Gasteiger partial charge in [-0.15, -0.1) is 0 Å². The van der Waals surface area contributed by atoms with E-state index in [1.165, 1.54) is 29.2 Å². The molecular formula is C16H15NO4. The molecule has 1 aromatic rings. The zero-order chi connectivity index (χ0) is 15.1. The van der Waals surface area contributed by atoms with E-state index in [0.717, 1.165) is 5.57 Å². The third kappa shape index (κ3) is 2.14. The second-order valence-electron chi connectivity index (χ2n) is 5.57. The van der Waals surface area contributed by atoms with Crippen molar-refractivity contribution in [3.63, 3.8) is 0 Å². The smallest absolute Gasteiger partial charge is 0.335 e. The van der Waals surface area contributed by atoms with Gasteiger partial charge in [-0.3, -0.25) is 14.5 Å². The molecule has 0 saturated carbocycles. The van der Waals surface area contributed by atoms with E-state index in [1.807, 2.05) is 13.0 Å². The summed E-state index contributed by atoms with van der Waals surface area (Å²) in [7, 11) is 0. The van der Waals surface area contributed by atoms with Gasteiger partial charge in [-0.2, -0.15) is 0 Å². The van der Waals surface area contributed by atoms with Crippen LogP contribution in [-0.2, 0) is 9.59 Å². The van der Waals surface area contributed by atoms with Crippen molar-refractivity contribution >= 4 is 23.5 Å². The molecule has 1 saturated heterocycles. The molecule has 21 heavy (non-hydrogen) atoms. The maximum Gasteiger partial charge on any atom is 0.335 e. The van der Waals surface area contributed by atoms with Crippen molar-refractivity contribution in [1.29, 1.82) is 0 Å². The SMILES string of the molecule is CC1=CC[C@@H]2C(=O)N(c3ccc(C(=O)O)cc3)C(=O)[C@H]2C1. The minimum absolute atomic E-state index is 0.132. The second kappa shape index (κ2) is 4.84. The second-order valence-corrected chi connectivity index (χ2v) is 5.57. The normalized spacial score (nSPS) is 24.8. The molecule has 5 heteroatoms. The highest BCUT2D eigenvalue weighted by Crippen LogP contribution is 2.39. The molecule has 0 aromatic heterocycles. The van der Waals surface area contributed by atoms with E-state index in [-0.39, 0.29) is 29.2 Å². The molecule has 1 aromatic carbocycles. The van der Waals surface area contributed by atoms with Gasteiger partial charge in [0.05, 0.1) is 23.1 Å². The number of anilines is 1. The maximum atomic E-state index is 12.5. The van der Waals surface area contributed by atoms with Crippen molar-refractivity contribution in [3.05, 3.63) is 41.5 Å². The topological polar surface area (TPSA) is 74.7 Å². The number of hydrogen-bond acceptors (Lipinski definition) is 3. The first-order valence-corrected chi connectivity index (χ1v) is 6.86. The summed E-state index contributed by atoms with van der Waals surface area (Å²) in [4.78, 5) is 37.0. The first-order chi connectivity index (χ1) is 9.99. The van der Waals surface area contributed by atoms with Gasteiger partial charge in [0.2, 0.25) is 11.8 Å². The van der Waals surface area contributed by atoms with Crippen molar-refractivity contribution in [1.82, 2.24) is 0 Å². The van der Waals surface area contributed by atoms with E-state index in [0.29, 0.717) is 18.5 Å². The fraction of sp³-hybridized carbons (Fsp3) is 0.312. The summed E-state index contributed by atoms with van der Waals surface area (Å²) in [5.41, 5.74) is 1.72. The zero-order valence-corrected chi connectivity index (χ0v) is 11.6. The molecule has 1 N–H and O–H groups in total. The predicted octanol–water partition coefficient (Wildman–Crippen LogP) is 2.23. The van der Waals surface area contributed by atoms with Crippen LogP contribution in [0.25, 0.3) is 0 Å². The van der Waals surface area contributed by atoms with E-state index in [1.54, 1.807) is 0 Å². The molecule has 2 aliphatic rings. The summed E-state index contributed by atoms with van der Waals surface area (Å²) < 4.78 is 0. The van der Waals surface area contributed by atoms with E-state index in [9.17, 15) is 14.4 Å². The van der Waals surface area contributed by atoms with E-state index in [4.69, 9.17) is 5.11 Å². The van der Waals surface area contributed by atoms with Crippen molar-refractivity contribution in [3.8, 4) is 0 Å². The van der Waals surface area contributed by atoms with E-state index < -0.39 is 5.97 Å². The number of carboxylic acid groups (broad SMARTS) is 1. The number of carboxylic acids is 1. The predicted molar refractivity (Wildman–Crippen MR) is 75.9 cm³/mol. The third-order valence-corrected chi connectivity index (χ3v) is 4.20. The molecule has 0 spiro atoms. The number of imide groups is 1. The number of amides is 2. The molecule has 1 aliphatic heterocycles. The first-order valence-electron chi connectivity index (χ1n) is 6.86.